The van der Waals surface area contributed by atoms with Crippen LogP contribution in [0.1, 0.15) is 25.3 Å². The fourth-order valence-corrected chi connectivity index (χ4v) is 3.17. The predicted octanol–water partition coefficient (Wildman–Crippen LogP) is 1.98. The minimum Gasteiger partial charge on any atom is -0.492 e. The number of carbonyl (C=O) groups is 1. The molecule has 0 radical (unpaired) electrons. The Balaban J connectivity index is 1.94. The van der Waals surface area contributed by atoms with E-state index in [1.54, 1.807) is 0 Å². The molecule has 7 heteroatoms. The molecule has 7 nitrogen and oxygen atoms in total. The summed E-state index contributed by atoms with van der Waals surface area (Å²) in [6, 6.07) is 8.10. The van der Waals surface area contributed by atoms with Crippen molar-refractivity contribution in [2.45, 2.75) is 26.3 Å². The van der Waals surface area contributed by atoms with Crippen LogP contribution in [-0.2, 0) is 16.1 Å². The number of rotatable bonds is 8. The van der Waals surface area contributed by atoms with Crippen molar-refractivity contribution < 1.29 is 14.3 Å². The normalized spacial score (nSPS) is 15.6. The summed E-state index contributed by atoms with van der Waals surface area (Å²) in [6.45, 7) is 6.62. The molecule has 0 amide bonds. The van der Waals surface area contributed by atoms with E-state index in [-0.39, 0.29) is 11.9 Å². The van der Waals surface area contributed by atoms with Crippen LogP contribution in [0.4, 0.5) is 0 Å². The molecule has 0 aromatic heterocycles. The van der Waals surface area contributed by atoms with Crippen molar-refractivity contribution in [3.8, 4) is 5.75 Å². The van der Waals surface area contributed by atoms with Gasteiger partial charge >= 0.3 is 5.97 Å². The van der Waals surface area contributed by atoms with E-state index in [1.807, 2.05) is 32.3 Å². The molecule has 0 unspecified atom stereocenters. The number of hydrogen-bond donors (Lipinski definition) is 1. The zero-order valence-corrected chi connectivity index (χ0v) is 17.6. The monoisotopic (exact) mass is 390 g/mol. The summed E-state index contributed by atoms with van der Waals surface area (Å²) in [5.74, 6) is 1.66. The molecule has 0 saturated carbocycles. The maximum Gasteiger partial charge on any atom is 0.308 e. The van der Waals surface area contributed by atoms with Crippen LogP contribution in [0, 0.1) is 5.92 Å². The summed E-state index contributed by atoms with van der Waals surface area (Å²) in [6.07, 6.45) is 1.60. The van der Waals surface area contributed by atoms with Gasteiger partial charge in [0.05, 0.1) is 19.6 Å². The number of aliphatic imine (C=N–C) groups is 1. The van der Waals surface area contributed by atoms with E-state index in [0.29, 0.717) is 13.2 Å². The van der Waals surface area contributed by atoms with Crippen LogP contribution in [0.15, 0.2) is 29.3 Å². The number of carbonyl (C=O) groups excluding carboxylic acids is 1. The number of guanidine groups is 1. The molecule has 1 N–H and O–H groups in total. The van der Waals surface area contributed by atoms with E-state index in [9.17, 15) is 4.79 Å². The molecule has 0 bridgehead atoms. The summed E-state index contributed by atoms with van der Waals surface area (Å²) in [4.78, 5) is 20.8. The number of piperidine rings is 1. The van der Waals surface area contributed by atoms with E-state index < -0.39 is 0 Å². The molecule has 1 saturated heterocycles. The molecule has 1 aromatic carbocycles. The van der Waals surface area contributed by atoms with Crippen molar-refractivity contribution in [3.05, 3.63) is 29.8 Å². The topological polar surface area (TPSA) is 66.4 Å². The Morgan fingerprint density at radius 2 is 2.07 bits per heavy atom. The first-order chi connectivity index (χ1) is 13.5. The third-order valence-corrected chi connectivity index (χ3v) is 4.78. The molecular weight excluding hydrogens is 356 g/mol. The number of esters is 1. The highest BCUT2D eigenvalue weighted by atomic mass is 16.5. The summed E-state index contributed by atoms with van der Waals surface area (Å²) >= 11 is 0. The third-order valence-electron chi connectivity index (χ3n) is 4.78. The first-order valence-electron chi connectivity index (χ1n) is 10.0. The lowest BCUT2D eigenvalue weighted by molar-refractivity contribution is -0.146. The lowest BCUT2D eigenvalue weighted by Gasteiger charge is -2.33. The van der Waals surface area contributed by atoms with Gasteiger partial charge in [0.2, 0.25) is 0 Å². The lowest BCUT2D eigenvalue weighted by Crippen LogP contribution is -2.46. The van der Waals surface area contributed by atoms with E-state index in [1.165, 1.54) is 7.11 Å². The highest BCUT2D eigenvalue weighted by molar-refractivity contribution is 5.80. The molecule has 28 heavy (non-hydrogen) atoms. The SMILES string of the molecule is CCNC(=NCc1cccc(OCCN(C)C)c1)N1CCC(C(=O)OC)CC1. The van der Waals surface area contributed by atoms with Gasteiger partial charge in [-0.1, -0.05) is 12.1 Å². The maximum atomic E-state index is 11.7. The second-order valence-electron chi connectivity index (χ2n) is 7.25. The van der Waals surface area contributed by atoms with Crippen molar-refractivity contribution in [2.75, 3.05) is 54.0 Å². The summed E-state index contributed by atoms with van der Waals surface area (Å²) < 4.78 is 10.7. The van der Waals surface area contributed by atoms with E-state index >= 15 is 0 Å². The fourth-order valence-electron chi connectivity index (χ4n) is 3.17. The molecule has 1 aliphatic heterocycles. The first kappa shape index (κ1) is 22.0. The van der Waals surface area contributed by atoms with E-state index in [2.05, 4.69) is 28.1 Å². The Morgan fingerprint density at radius 3 is 2.71 bits per heavy atom. The molecule has 1 fully saturated rings. The number of nitrogens with one attached hydrogen (secondary N) is 1. The Kier molecular flexibility index (Phi) is 9.07. The molecule has 0 atom stereocenters. The number of likely N-dealkylation sites (tertiary alicyclic amines) is 1. The van der Waals surface area contributed by atoms with Crippen LogP contribution < -0.4 is 10.1 Å². The molecule has 156 valence electrons. The number of ether oxygens (including phenoxy) is 2. The van der Waals surface area contributed by atoms with Gasteiger partial charge in [-0.15, -0.1) is 0 Å². The number of likely N-dealkylation sites (N-methyl/N-ethyl adjacent to an activating group) is 1. The van der Waals surface area contributed by atoms with Crippen LogP contribution in [0.3, 0.4) is 0 Å². The smallest absolute Gasteiger partial charge is 0.308 e. The molecule has 0 spiro atoms. The molecule has 1 aliphatic rings. The zero-order valence-electron chi connectivity index (χ0n) is 17.6. The van der Waals surface area contributed by atoms with Crippen molar-refractivity contribution in [1.82, 2.24) is 15.1 Å². The van der Waals surface area contributed by atoms with Gasteiger partial charge in [0.25, 0.3) is 0 Å². The number of methoxy groups -OCH3 is 1. The van der Waals surface area contributed by atoms with Crippen LogP contribution in [-0.4, -0.2) is 75.7 Å². The number of nitrogens with zero attached hydrogens (tertiary/aromatic N) is 3. The maximum absolute atomic E-state index is 11.7. The third kappa shape index (κ3) is 7.03. The second-order valence-corrected chi connectivity index (χ2v) is 7.25. The molecule has 2 rings (SSSR count). The van der Waals surface area contributed by atoms with Gasteiger partial charge in [-0.05, 0) is 51.6 Å². The first-order valence-corrected chi connectivity index (χ1v) is 10.0. The van der Waals surface area contributed by atoms with Gasteiger partial charge in [0.15, 0.2) is 5.96 Å². The van der Waals surface area contributed by atoms with Gasteiger partial charge in [-0.3, -0.25) is 4.79 Å². The standard InChI is InChI=1S/C21H34N4O3/c1-5-22-21(25-11-9-18(10-12-25)20(26)27-4)23-16-17-7-6-8-19(15-17)28-14-13-24(2)3/h6-8,15,18H,5,9-14,16H2,1-4H3,(H,22,23). The Hall–Kier alpha value is -2.28. The zero-order chi connectivity index (χ0) is 20.4. The predicted molar refractivity (Wildman–Crippen MR) is 112 cm³/mol. The average molecular weight is 391 g/mol. The minimum absolute atomic E-state index is 0.000113. The molecule has 1 aromatic rings. The van der Waals surface area contributed by atoms with Gasteiger partial charge in [0.1, 0.15) is 12.4 Å². The average Bonchev–Trinajstić information content (AvgIpc) is 2.71. The Bertz CT molecular complexity index is 640. The van der Waals surface area contributed by atoms with Gasteiger partial charge in [-0.25, -0.2) is 4.99 Å². The molecule has 0 aliphatic carbocycles. The van der Waals surface area contributed by atoms with Crippen molar-refractivity contribution in [3.63, 3.8) is 0 Å². The highest BCUT2D eigenvalue weighted by Crippen LogP contribution is 2.19. The Labute approximate surface area is 168 Å². The Morgan fingerprint density at radius 1 is 1.32 bits per heavy atom. The quantitative estimate of drug-likeness (QED) is 0.416. The van der Waals surface area contributed by atoms with Gasteiger partial charge in [0, 0.05) is 26.2 Å². The molecule has 1 heterocycles. The van der Waals surface area contributed by atoms with Gasteiger partial charge in [-0.2, -0.15) is 0 Å². The summed E-state index contributed by atoms with van der Waals surface area (Å²) in [7, 11) is 5.52. The number of benzene rings is 1. The largest absolute Gasteiger partial charge is 0.492 e. The summed E-state index contributed by atoms with van der Waals surface area (Å²) in [5, 5.41) is 3.36. The second kappa shape index (κ2) is 11.5. The van der Waals surface area contributed by atoms with Crippen LogP contribution >= 0.6 is 0 Å². The summed E-state index contributed by atoms with van der Waals surface area (Å²) in [5.41, 5.74) is 1.11. The number of hydrogen-bond acceptors (Lipinski definition) is 5. The van der Waals surface area contributed by atoms with Crippen molar-refractivity contribution in [1.29, 1.82) is 0 Å². The van der Waals surface area contributed by atoms with Crippen LogP contribution in [0.2, 0.25) is 0 Å². The van der Waals surface area contributed by atoms with Gasteiger partial charge < -0.3 is 24.6 Å². The van der Waals surface area contributed by atoms with Crippen LogP contribution in [0.5, 0.6) is 5.75 Å². The van der Waals surface area contributed by atoms with E-state index in [4.69, 9.17) is 14.5 Å². The highest BCUT2D eigenvalue weighted by Gasteiger charge is 2.26. The fraction of sp³-hybridized carbons (Fsp3) is 0.619. The van der Waals surface area contributed by atoms with Crippen LogP contribution in [0.25, 0.3) is 0 Å². The van der Waals surface area contributed by atoms with E-state index in [0.717, 1.165) is 56.3 Å². The lowest BCUT2D eigenvalue weighted by atomic mass is 9.97. The molecular formula is C21H34N4O3. The minimum atomic E-state index is -0.104. The van der Waals surface area contributed by atoms with Crippen molar-refractivity contribution in [2.24, 2.45) is 10.9 Å². The van der Waals surface area contributed by atoms with Crippen molar-refractivity contribution >= 4 is 11.9 Å².